The van der Waals surface area contributed by atoms with Gasteiger partial charge in [0, 0.05) is 32.8 Å². The summed E-state index contributed by atoms with van der Waals surface area (Å²) in [4.78, 5) is 5.24. The largest absolute Gasteiger partial charge is 0.494 e. The Morgan fingerprint density at radius 3 is 2.37 bits per heavy atom. The average Bonchev–Trinajstić information content (AvgIpc) is 3.23. The molecule has 4 rings (SSSR count). The molecular formula is C26H42N2O2. The summed E-state index contributed by atoms with van der Waals surface area (Å²) in [5.41, 5.74) is 1.41. The molecule has 168 valence electrons. The van der Waals surface area contributed by atoms with Crippen LogP contribution in [0, 0.1) is 17.8 Å². The Morgan fingerprint density at radius 1 is 0.867 bits per heavy atom. The van der Waals surface area contributed by atoms with E-state index in [0.29, 0.717) is 0 Å². The van der Waals surface area contributed by atoms with E-state index >= 15 is 0 Å². The highest BCUT2D eigenvalue weighted by atomic mass is 16.5. The number of piperidine rings is 2. The van der Waals surface area contributed by atoms with Gasteiger partial charge in [-0.25, -0.2) is 0 Å². The van der Waals surface area contributed by atoms with Crippen LogP contribution in [0.25, 0.3) is 0 Å². The van der Waals surface area contributed by atoms with Gasteiger partial charge in [0.25, 0.3) is 0 Å². The Morgan fingerprint density at radius 2 is 1.63 bits per heavy atom. The molecule has 1 aliphatic carbocycles. The maximum atomic E-state index is 6.04. The van der Waals surface area contributed by atoms with Crippen LogP contribution < -0.4 is 4.74 Å². The van der Waals surface area contributed by atoms with Crippen LogP contribution in [0.5, 0.6) is 5.75 Å². The normalized spacial score (nSPS) is 26.6. The van der Waals surface area contributed by atoms with E-state index in [-0.39, 0.29) is 0 Å². The first-order valence-corrected chi connectivity index (χ1v) is 12.6. The second-order valence-corrected chi connectivity index (χ2v) is 9.72. The van der Waals surface area contributed by atoms with E-state index in [0.717, 1.165) is 56.3 Å². The van der Waals surface area contributed by atoms with Gasteiger partial charge in [0.2, 0.25) is 0 Å². The van der Waals surface area contributed by atoms with Gasteiger partial charge in [0.1, 0.15) is 5.75 Å². The highest BCUT2D eigenvalue weighted by molar-refractivity contribution is 5.27. The van der Waals surface area contributed by atoms with Gasteiger partial charge in [-0.3, -0.25) is 4.90 Å². The number of hydrogen-bond acceptors (Lipinski definition) is 4. The maximum Gasteiger partial charge on any atom is 0.119 e. The van der Waals surface area contributed by atoms with Crippen molar-refractivity contribution < 1.29 is 9.47 Å². The first kappa shape index (κ1) is 22.1. The standard InChI is InChI=1S/C26H42N2O2/c1-2-3-7-17-30-23-11-9-22(10-12-23)18-28-19-24-25(20-28)26(24)21-29-16-8-15-27-13-5-4-6-14-27/h9-12,24-26H,2-8,13-21H2,1H3. The number of fused-ring (bicyclic) bond motifs is 1. The fraction of sp³-hybridized carbons (Fsp3) is 0.769. The van der Waals surface area contributed by atoms with E-state index in [1.165, 1.54) is 76.8 Å². The predicted octanol–water partition coefficient (Wildman–Crippen LogP) is 4.83. The molecule has 0 amide bonds. The van der Waals surface area contributed by atoms with Crippen molar-refractivity contribution >= 4 is 0 Å². The molecule has 3 fully saturated rings. The minimum atomic E-state index is 0.829. The summed E-state index contributed by atoms with van der Waals surface area (Å²) in [6.45, 7) is 12.4. The SMILES string of the molecule is CCCCCOc1ccc(CN2CC3C(COCCCN4CCCCC4)C3C2)cc1. The molecule has 2 atom stereocenters. The summed E-state index contributed by atoms with van der Waals surface area (Å²) in [6, 6.07) is 8.75. The molecule has 0 spiro atoms. The number of unbranched alkanes of at least 4 members (excludes halogenated alkanes) is 2. The Hall–Kier alpha value is -1.10. The number of hydrogen-bond donors (Lipinski definition) is 0. The third-order valence-corrected chi connectivity index (χ3v) is 7.32. The van der Waals surface area contributed by atoms with Crippen molar-refractivity contribution in [2.24, 2.45) is 17.8 Å². The van der Waals surface area contributed by atoms with Crippen LogP contribution in [0.3, 0.4) is 0 Å². The van der Waals surface area contributed by atoms with E-state index in [1.807, 2.05) is 0 Å². The molecule has 0 N–H and O–H groups in total. The lowest BCUT2D eigenvalue weighted by Gasteiger charge is -2.26. The fourth-order valence-electron chi connectivity index (χ4n) is 5.40. The van der Waals surface area contributed by atoms with Crippen LogP contribution in [-0.2, 0) is 11.3 Å². The zero-order valence-corrected chi connectivity index (χ0v) is 19.1. The van der Waals surface area contributed by atoms with Crippen LogP contribution in [-0.4, -0.2) is 62.3 Å². The summed E-state index contributed by atoms with van der Waals surface area (Å²) < 4.78 is 11.9. The quantitative estimate of drug-likeness (QED) is 0.432. The van der Waals surface area contributed by atoms with Gasteiger partial charge >= 0.3 is 0 Å². The number of nitrogens with zero attached hydrogens (tertiary/aromatic N) is 2. The average molecular weight is 415 g/mol. The summed E-state index contributed by atoms with van der Waals surface area (Å²) in [7, 11) is 0. The molecule has 2 unspecified atom stereocenters. The van der Waals surface area contributed by atoms with E-state index in [1.54, 1.807) is 0 Å². The molecule has 1 aromatic rings. The Balaban J connectivity index is 1.05. The van der Waals surface area contributed by atoms with E-state index in [2.05, 4.69) is 41.0 Å². The molecule has 0 bridgehead atoms. The van der Waals surface area contributed by atoms with E-state index in [4.69, 9.17) is 9.47 Å². The lowest BCUT2D eigenvalue weighted by atomic mass is 10.1. The van der Waals surface area contributed by atoms with Gasteiger partial charge in [0.15, 0.2) is 0 Å². The highest BCUT2D eigenvalue weighted by Gasteiger charge is 2.55. The van der Waals surface area contributed by atoms with Crippen molar-refractivity contribution in [1.29, 1.82) is 0 Å². The molecule has 2 saturated heterocycles. The summed E-state index contributed by atoms with van der Waals surface area (Å²) in [6.07, 6.45) is 9.04. The molecule has 2 aliphatic heterocycles. The molecule has 1 saturated carbocycles. The van der Waals surface area contributed by atoms with E-state index in [9.17, 15) is 0 Å². The van der Waals surface area contributed by atoms with Gasteiger partial charge in [0.05, 0.1) is 13.2 Å². The summed E-state index contributed by atoms with van der Waals surface area (Å²) >= 11 is 0. The molecule has 30 heavy (non-hydrogen) atoms. The lowest BCUT2D eigenvalue weighted by Crippen LogP contribution is -2.31. The van der Waals surface area contributed by atoms with Crippen molar-refractivity contribution in [3.05, 3.63) is 29.8 Å². The molecule has 1 aromatic carbocycles. The smallest absolute Gasteiger partial charge is 0.119 e. The zero-order chi connectivity index (χ0) is 20.6. The maximum absolute atomic E-state index is 6.04. The van der Waals surface area contributed by atoms with Gasteiger partial charge in [-0.15, -0.1) is 0 Å². The minimum Gasteiger partial charge on any atom is -0.494 e. The second-order valence-electron chi connectivity index (χ2n) is 9.72. The topological polar surface area (TPSA) is 24.9 Å². The van der Waals surface area contributed by atoms with Crippen molar-refractivity contribution in [1.82, 2.24) is 9.80 Å². The monoisotopic (exact) mass is 414 g/mol. The molecule has 4 nitrogen and oxygen atoms in total. The third-order valence-electron chi connectivity index (χ3n) is 7.32. The fourth-order valence-corrected chi connectivity index (χ4v) is 5.40. The van der Waals surface area contributed by atoms with Crippen molar-refractivity contribution in [2.75, 3.05) is 52.5 Å². The van der Waals surface area contributed by atoms with E-state index < -0.39 is 0 Å². The number of rotatable bonds is 13. The molecule has 4 heteroatoms. The van der Waals surface area contributed by atoms with Crippen molar-refractivity contribution in [3.8, 4) is 5.75 Å². The third kappa shape index (κ3) is 6.45. The van der Waals surface area contributed by atoms with Gasteiger partial charge in [-0.2, -0.15) is 0 Å². The number of likely N-dealkylation sites (tertiary alicyclic amines) is 2. The summed E-state index contributed by atoms with van der Waals surface area (Å²) in [5.74, 6) is 3.60. The van der Waals surface area contributed by atoms with Crippen LogP contribution in [0.2, 0.25) is 0 Å². The zero-order valence-electron chi connectivity index (χ0n) is 19.1. The molecule has 0 aromatic heterocycles. The summed E-state index contributed by atoms with van der Waals surface area (Å²) in [5, 5.41) is 0. The molecule has 0 radical (unpaired) electrons. The molecular weight excluding hydrogens is 372 g/mol. The van der Waals surface area contributed by atoms with Crippen LogP contribution in [0.15, 0.2) is 24.3 Å². The van der Waals surface area contributed by atoms with Crippen LogP contribution in [0.4, 0.5) is 0 Å². The second kappa shape index (κ2) is 11.5. The first-order chi connectivity index (χ1) is 14.8. The van der Waals surface area contributed by atoms with Crippen molar-refractivity contribution in [2.45, 2.75) is 58.4 Å². The number of benzene rings is 1. The van der Waals surface area contributed by atoms with Crippen LogP contribution >= 0.6 is 0 Å². The van der Waals surface area contributed by atoms with Gasteiger partial charge < -0.3 is 14.4 Å². The molecule has 3 aliphatic rings. The Bertz CT molecular complexity index is 602. The van der Waals surface area contributed by atoms with Crippen molar-refractivity contribution in [3.63, 3.8) is 0 Å². The first-order valence-electron chi connectivity index (χ1n) is 12.6. The lowest BCUT2D eigenvalue weighted by molar-refractivity contribution is 0.0967. The van der Waals surface area contributed by atoms with Gasteiger partial charge in [-0.05, 0) is 74.2 Å². The Labute approximate surface area is 183 Å². The highest BCUT2D eigenvalue weighted by Crippen LogP contribution is 2.52. The predicted molar refractivity (Wildman–Crippen MR) is 123 cm³/mol. The Kier molecular flexibility index (Phi) is 8.47. The molecule has 2 heterocycles. The minimum absolute atomic E-state index is 0.829. The van der Waals surface area contributed by atoms with Gasteiger partial charge in [-0.1, -0.05) is 38.3 Å². The van der Waals surface area contributed by atoms with Crippen LogP contribution in [0.1, 0.15) is 57.4 Å². The number of ether oxygens (including phenoxy) is 2.